The Bertz CT molecular complexity index is 1550. The number of hydrogen-bond donors (Lipinski definition) is 1. The van der Waals surface area contributed by atoms with Crippen LogP contribution in [0.1, 0.15) is 35.1 Å². The van der Waals surface area contributed by atoms with E-state index in [1.54, 1.807) is 44.6 Å². The maximum Gasteiger partial charge on any atom is 0.243 e. The second-order valence-corrected chi connectivity index (χ2v) is 14.1. The van der Waals surface area contributed by atoms with Gasteiger partial charge in [-0.3, -0.25) is 0 Å². The van der Waals surface area contributed by atoms with Crippen molar-refractivity contribution < 1.29 is 32.5 Å². The SMILES string of the molecule is COCCCN1CCOc2ccc(CO[C@H]3CN(S(=O)(=O)c4ccc(C)cc4)CC[C@]3(O)c3ccc(Cl)cc3CCOC)cc21. The van der Waals surface area contributed by atoms with Gasteiger partial charge >= 0.3 is 0 Å². The number of anilines is 1. The van der Waals surface area contributed by atoms with E-state index < -0.39 is 21.7 Å². The van der Waals surface area contributed by atoms with Crippen LogP contribution in [0.4, 0.5) is 5.69 Å². The average Bonchev–Trinajstić information content (AvgIpc) is 3.03. The van der Waals surface area contributed by atoms with E-state index in [1.165, 1.54) is 4.31 Å². The Morgan fingerprint density at radius 1 is 1.02 bits per heavy atom. The number of ether oxygens (including phenoxy) is 4. The summed E-state index contributed by atoms with van der Waals surface area (Å²) in [6.07, 6.45) is 0.717. The van der Waals surface area contributed by atoms with Crippen molar-refractivity contribution in [2.24, 2.45) is 0 Å². The fourth-order valence-corrected chi connectivity index (χ4v) is 7.74. The number of methoxy groups -OCH3 is 2. The molecule has 0 saturated carbocycles. The lowest BCUT2D eigenvalue weighted by Crippen LogP contribution is -2.56. The minimum Gasteiger partial charge on any atom is -0.490 e. The number of fused-ring (bicyclic) bond motifs is 1. The molecule has 1 saturated heterocycles. The number of aryl methyl sites for hydroxylation is 1. The molecule has 0 aromatic heterocycles. The third kappa shape index (κ3) is 7.65. The van der Waals surface area contributed by atoms with Gasteiger partial charge in [0.15, 0.2) is 0 Å². The molecule has 2 heterocycles. The molecule has 0 unspecified atom stereocenters. The number of hydrogen-bond acceptors (Lipinski definition) is 8. The van der Waals surface area contributed by atoms with Crippen molar-refractivity contribution in [1.82, 2.24) is 4.31 Å². The topological polar surface area (TPSA) is 97.8 Å². The molecule has 11 heteroatoms. The van der Waals surface area contributed by atoms with Crippen LogP contribution in [0.3, 0.4) is 0 Å². The molecule has 3 aromatic carbocycles. The Morgan fingerprint density at radius 2 is 1.80 bits per heavy atom. The Morgan fingerprint density at radius 3 is 2.56 bits per heavy atom. The van der Waals surface area contributed by atoms with Gasteiger partial charge in [-0.05, 0) is 79.3 Å². The molecule has 1 N–H and O–H groups in total. The van der Waals surface area contributed by atoms with Crippen LogP contribution in [0.2, 0.25) is 5.02 Å². The number of rotatable bonds is 13. The molecular formula is C34H43ClN2O7S. The van der Waals surface area contributed by atoms with Crippen LogP contribution in [0, 0.1) is 6.92 Å². The summed E-state index contributed by atoms with van der Waals surface area (Å²) in [6.45, 7) is 5.55. The number of halogens is 1. The lowest BCUT2D eigenvalue weighted by molar-refractivity contribution is -0.147. The summed E-state index contributed by atoms with van der Waals surface area (Å²) < 4.78 is 51.9. The van der Waals surface area contributed by atoms with Gasteiger partial charge in [0, 0.05) is 45.5 Å². The first kappa shape index (κ1) is 33.7. The van der Waals surface area contributed by atoms with Crippen LogP contribution in [0.25, 0.3) is 0 Å². The predicted octanol–water partition coefficient (Wildman–Crippen LogP) is 4.94. The highest BCUT2D eigenvalue weighted by Gasteiger charge is 2.47. The fraction of sp³-hybridized carbons (Fsp3) is 0.471. The normalized spacial score (nSPS) is 20.6. The highest BCUT2D eigenvalue weighted by atomic mass is 35.5. The molecule has 1 fully saturated rings. The molecular weight excluding hydrogens is 616 g/mol. The Hall–Kier alpha value is -2.70. The van der Waals surface area contributed by atoms with Crippen LogP contribution >= 0.6 is 11.6 Å². The first-order chi connectivity index (χ1) is 21.7. The minimum absolute atomic E-state index is 0.0176. The van der Waals surface area contributed by atoms with Crippen molar-refractivity contribution >= 4 is 27.3 Å². The zero-order valence-electron chi connectivity index (χ0n) is 26.2. The van der Waals surface area contributed by atoms with E-state index in [4.69, 9.17) is 30.5 Å². The molecule has 0 aliphatic carbocycles. The predicted molar refractivity (Wildman–Crippen MR) is 175 cm³/mol. The number of sulfonamides is 1. The molecule has 0 spiro atoms. The molecule has 2 aliphatic rings. The molecule has 2 atom stereocenters. The largest absolute Gasteiger partial charge is 0.490 e. The van der Waals surface area contributed by atoms with E-state index in [0.29, 0.717) is 36.8 Å². The van der Waals surface area contributed by atoms with E-state index in [1.807, 2.05) is 31.2 Å². The highest BCUT2D eigenvalue weighted by molar-refractivity contribution is 7.89. The Labute approximate surface area is 271 Å². The van der Waals surface area contributed by atoms with E-state index in [-0.39, 0.29) is 31.0 Å². The minimum atomic E-state index is -3.82. The quantitative estimate of drug-likeness (QED) is 0.258. The van der Waals surface area contributed by atoms with E-state index in [0.717, 1.165) is 47.6 Å². The molecule has 0 bridgehead atoms. The molecule has 0 radical (unpaired) electrons. The van der Waals surface area contributed by atoms with Crippen molar-refractivity contribution in [3.63, 3.8) is 0 Å². The molecule has 45 heavy (non-hydrogen) atoms. The Kier molecular flexibility index (Phi) is 11.1. The standard InChI is InChI=1S/C34H43ClN2O7S/c1-25-5-9-29(10-6-25)45(39,40)37-16-14-34(38,30-11-8-28(35)22-27(30)13-19-42-3)33(23-37)44-24-26-7-12-32-31(21-26)36(17-20-43-32)15-4-18-41-2/h5-12,21-22,33,38H,4,13-20,23-24H2,1-3H3/t33-,34-/m0/s1. The van der Waals surface area contributed by atoms with Gasteiger partial charge in [0.25, 0.3) is 0 Å². The van der Waals surface area contributed by atoms with Crippen LogP contribution < -0.4 is 9.64 Å². The van der Waals surface area contributed by atoms with E-state index >= 15 is 0 Å². The summed E-state index contributed by atoms with van der Waals surface area (Å²) >= 11 is 6.37. The summed E-state index contributed by atoms with van der Waals surface area (Å²) in [4.78, 5) is 2.50. The molecule has 5 rings (SSSR count). The molecule has 2 aliphatic heterocycles. The van der Waals surface area contributed by atoms with Gasteiger partial charge in [0.1, 0.15) is 24.1 Å². The van der Waals surface area contributed by atoms with E-state index in [2.05, 4.69) is 11.0 Å². The summed E-state index contributed by atoms with van der Waals surface area (Å²) in [6, 6.07) is 18.2. The van der Waals surface area contributed by atoms with Gasteiger partial charge in [-0.25, -0.2) is 8.42 Å². The maximum atomic E-state index is 13.7. The van der Waals surface area contributed by atoms with Gasteiger partial charge in [-0.1, -0.05) is 41.4 Å². The van der Waals surface area contributed by atoms with Gasteiger partial charge in [-0.15, -0.1) is 0 Å². The maximum absolute atomic E-state index is 13.7. The van der Waals surface area contributed by atoms with Crippen molar-refractivity contribution in [3.8, 4) is 5.75 Å². The average molecular weight is 659 g/mol. The van der Waals surface area contributed by atoms with Crippen LogP contribution in [0.15, 0.2) is 65.6 Å². The zero-order chi connectivity index (χ0) is 32.0. The van der Waals surface area contributed by atoms with Gasteiger partial charge in [0.05, 0.1) is 30.3 Å². The second kappa shape index (κ2) is 14.8. The summed E-state index contributed by atoms with van der Waals surface area (Å²) in [7, 11) is -0.493. The van der Waals surface area contributed by atoms with Crippen molar-refractivity contribution in [2.75, 3.05) is 65.1 Å². The molecule has 3 aromatic rings. The highest BCUT2D eigenvalue weighted by Crippen LogP contribution is 2.40. The first-order valence-electron chi connectivity index (χ1n) is 15.3. The number of benzene rings is 3. The summed E-state index contributed by atoms with van der Waals surface area (Å²) in [5, 5.41) is 13.0. The molecule has 0 amide bonds. The summed E-state index contributed by atoms with van der Waals surface area (Å²) in [5.74, 6) is 0.816. The van der Waals surface area contributed by atoms with Crippen molar-refractivity contribution in [1.29, 1.82) is 0 Å². The van der Waals surface area contributed by atoms with Gasteiger partial charge in [-0.2, -0.15) is 4.31 Å². The van der Waals surface area contributed by atoms with Gasteiger partial charge < -0.3 is 29.0 Å². The zero-order valence-corrected chi connectivity index (χ0v) is 27.8. The van der Waals surface area contributed by atoms with Gasteiger partial charge in [0.2, 0.25) is 10.0 Å². The summed E-state index contributed by atoms with van der Waals surface area (Å²) in [5.41, 5.74) is 2.91. The van der Waals surface area contributed by atoms with Crippen LogP contribution in [-0.2, 0) is 42.9 Å². The van der Waals surface area contributed by atoms with Crippen molar-refractivity contribution in [3.05, 3.63) is 87.9 Å². The lowest BCUT2D eigenvalue weighted by atomic mass is 9.79. The third-order valence-corrected chi connectivity index (χ3v) is 10.7. The Balaban J connectivity index is 1.45. The van der Waals surface area contributed by atoms with Crippen LogP contribution in [-0.4, -0.2) is 84.2 Å². The monoisotopic (exact) mass is 658 g/mol. The second-order valence-electron chi connectivity index (χ2n) is 11.7. The first-order valence-corrected chi connectivity index (χ1v) is 17.2. The molecule has 244 valence electrons. The number of nitrogens with zero attached hydrogens (tertiary/aromatic N) is 2. The smallest absolute Gasteiger partial charge is 0.243 e. The van der Waals surface area contributed by atoms with Crippen molar-refractivity contribution in [2.45, 2.75) is 49.4 Å². The van der Waals surface area contributed by atoms with E-state index in [9.17, 15) is 13.5 Å². The number of aliphatic hydroxyl groups is 1. The molecule has 9 nitrogen and oxygen atoms in total. The lowest BCUT2D eigenvalue weighted by Gasteiger charge is -2.44. The third-order valence-electron chi connectivity index (χ3n) is 8.62. The fourth-order valence-electron chi connectivity index (χ4n) is 6.10. The number of piperidine rings is 1. The van der Waals surface area contributed by atoms with Crippen LogP contribution in [0.5, 0.6) is 5.75 Å².